The number of rotatable bonds is 9. The zero-order valence-electron chi connectivity index (χ0n) is 22.3. The number of hydrogen-bond acceptors (Lipinski definition) is 6. The molecule has 2 aromatic carbocycles. The molecule has 3 amide bonds. The highest BCUT2D eigenvalue weighted by Crippen LogP contribution is 2.27. The molecule has 3 atom stereocenters. The van der Waals surface area contributed by atoms with Gasteiger partial charge in [0, 0.05) is 13.0 Å². The van der Waals surface area contributed by atoms with Crippen LogP contribution >= 0.6 is 0 Å². The van der Waals surface area contributed by atoms with E-state index in [2.05, 4.69) is 14.8 Å². The SMILES string of the molecule is CC(C)C[C@H](NC(=O)[C@@H]1CCCN2C(=O)CC[C@H](NS(=O)(=O)c3ccc4ccccc4c3)C(=O)N12)C(=O)C=[N+]=[N-]. The fourth-order valence-electron chi connectivity index (χ4n) is 5.10. The van der Waals surface area contributed by atoms with E-state index in [-0.39, 0.29) is 43.0 Å². The second-order valence-electron chi connectivity index (χ2n) is 10.4. The summed E-state index contributed by atoms with van der Waals surface area (Å²) in [6, 6.07) is 8.47. The van der Waals surface area contributed by atoms with Crippen molar-refractivity contribution in [1.29, 1.82) is 0 Å². The Bertz CT molecular complexity index is 1490. The van der Waals surface area contributed by atoms with E-state index in [0.717, 1.165) is 10.4 Å². The summed E-state index contributed by atoms with van der Waals surface area (Å²) in [5, 5.41) is 6.45. The van der Waals surface area contributed by atoms with Crippen molar-refractivity contribution in [3.8, 4) is 0 Å². The second kappa shape index (κ2) is 12.1. The molecule has 4 rings (SSSR count). The zero-order chi connectivity index (χ0) is 29.0. The molecule has 0 radical (unpaired) electrons. The van der Waals surface area contributed by atoms with Crippen LogP contribution in [0.4, 0.5) is 0 Å². The lowest BCUT2D eigenvalue weighted by Gasteiger charge is -2.43. The van der Waals surface area contributed by atoms with Crippen molar-refractivity contribution < 1.29 is 32.4 Å². The average molecular weight is 569 g/mol. The standard InChI is InChI=1S/C27H32N6O6S/c1-17(2)14-22(24(34)16-29-28)30-26(36)23-8-5-13-32-25(35)12-11-21(27(37)33(23)32)31-40(38,39)20-10-9-18-6-3-4-7-19(18)15-20/h3-4,6-7,9-10,15-17,21-23,31H,5,8,11-14H2,1-2H3,(H,30,36)/t21-,22-,23-/m0/s1. The van der Waals surface area contributed by atoms with Gasteiger partial charge in [0.05, 0.1) is 10.9 Å². The number of amides is 3. The van der Waals surface area contributed by atoms with Gasteiger partial charge in [-0.1, -0.05) is 44.2 Å². The Balaban J connectivity index is 1.60. The van der Waals surface area contributed by atoms with Crippen molar-refractivity contribution in [2.75, 3.05) is 6.54 Å². The highest BCUT2D eigenvalue weighted by Gasteiger charge is 2.45. The lowest BCUT2D eigenvalue weighted by atomic mass is 9.99. The Labute approximate surface area is 232 Å². The molecule has 212 valence electrons. The number of nitrogens with zero attached hydrogens (tertiary/aromatic N) is 4. The van der Waals surface area contributed by atoms with Gasteiger partial charge in [-0.05, 0) is 54.5 Å². The lowest BCUT2D eigenvalue weighted by molar-refractivity contribution is -0.176. The topological polar surface area (TPSA) is 169 Å². The monoisotopic (exact) mass is 568 g/mol. The molecule has 2 aromatic rings. The molecular weight excluding hydrogens is 536 g/mol. The number of sulfonamides is 1. The van der Waals surface area contributed by atoms with Gasteiger partial charge in [-0.25, -0.2) is 13.4 Å². The fourth-order valence-corrected chi connectivity index (χ4v) is 6.36. The van der Waals surface area contributed by atoms with Crippen LogP contribution in [0.25, 0.3) is 16.3 Å². The first-order chi connectivity index (χ1) is 19.0. The van der Waals surface area contributed by atoms with Crippen LogP contribution in [-0.2, 0) is 29.2 Å². The van der Waals surface area contributed by atoms with Crippen molar-refractivity contribution >= 4 is 50.5 Å². The van der Waals surface area contributed by atoms with Crippen molar-refractivity contribution in [2.45, 2.75) is 69.0 Å². The summed E-state index contributed by atoms with van der Waals surface area (Å²) in [5.74, 6) is -2.38. The van der Waals surface area contributed by atoms with Crippen LogP contribution in [0, 0.1) is 5.92 Å². The average Bonchev–Trinajstić information content (AvgIpc) is 3.04. The van der Waals surface area contributed by atoms with Gasteiger partial charge in [-0.3, -0.25) is 24.2 Å². The van der Waals surface area contributed by atoms with Gasteiger partial charge in [0.2, 0.25) is 21.8 Å². The molecule has 40 heavy (non-hydrogen) atoms. The zero-order valence-corrected chi connectivity index (χ0v) is 23.1. The second-order valence-corrected chi connectivity index (χ2v) is 12.1. The molecule has 12 nitrogen and oxygen atoms in total. The first-order valence-corrected chi connectivity index (χ1v) is 14.7. The number of fused-ring (bicyclic) bond motifs is 2. The van der Waals surface area contributed by atoms with Gasteiger partial charge in [-0.2, -0.15) is 9.51 Å². The Morgan fingerprint density at radius 2 is 1.85 bits per heavy atom. The van der Waals surface area contributed by atoms with Crippen molar-refractivity contribution in [3.63, 3.8) is 0 Å². The van der Waals surface area contributed by atoms with E-state index >= 15 is 0 Å². The van der Waals surface area contributed by atoms with Crippen LogP contribution in [0.1, 0.15) is 46.0 Å². The largest absolute Gasteiger partial charge is 0.361 e. The number of nitrogens with one attached hydrogen (secondary N) is 2. The number of hydrazine groups is 1. The molecule has 2 aliphatic heterocycles. The van der Waals surface area contributed by atoms with Crippen LogP contribution < -0.4 is 10.0 Å². The van der Waals surface area contributed by atoms with Crippen LogP contribution in [0.3, 0.4) is 0 Å². The summed E-state index contributed by atoms with van der Waals surface area (Å²) in [6.45, 7) is 3.91. The normalized spacial score (nSPS) is 20.5. The highest BCUT2D eigenvalue weighted by atomic mass is 32.2. The molecule has 2 fully saturated rings. The number of hydrogen-bond donors (Lipinski definition) is 2. The molecule has 2 saturated heterocycles. The summed E-state index contributed by atoms with van der Waals surface area (Å²) in [6.07, 6.45) is 1.44. The smallest absolute Gasteiger partial charge is 0.325 e. The van der Waals surface area contributed by atoms with Gasteiger partial charge in [0.15, 0.2) is 0 Å². The van der Waals surface area contributed by atoms with E-state index in [0.29, 0.717) is 18.0 Å². The third kappa shape index (κ3) is 6.27. The number of carbonyl (C=O) groups is 4. The molecule has 0 aliphatic carbocycles. The fraction of sp³-hybridized carbons (Fsp3) is 0.444. The maximum absolute atomic E-state index is 13.8. The molecule has 0 spiro atoms. The van der Waals surface area contributed by atoms with E-state index in [9.17, 15) is 27.6 Å². The summed E-state index contributed by atoms with van der Waals surface area (Å²) in [4.78, 5) is 55.3. The van der Waals surface area contributed by atoms with Gasteiger partial charge >= 0.3 is 6.21 Å². The Morgan fingerprint density at radius 3 is 2.55 bits per heavy atom. The number of ketones is 1. The Hall–Kier alpha value is -3.93. The van der Waals surface area contributed by atoms with Gasteiger partial charge in [0.1, 0.15) is 12.1 Å². The van der Waals surface area contributed by atoms with E-state index in [1.165, 1.54) is 17.1 Å². The number of benzene rings is 2. The first kappa shape index (κ1) is 29.1. The lowest BCUT2D eigenvalue weighted by Crippen LogP contribution is -2.64. The quantitative estimate of drug-likeness (QED) is 0.263. The predicted octanol–water partition coefficient (Wildman–Crippen LogP) is 1.42. The van der Waals surface area contributed by atoms with Crippen molar-refractivity contribution in [2.24, 2.45) is 5.92 Å². The van der Waals surface area contributed by atoms with Crippen LogP contribution in [0.5, 0.6) is 0 Å². The van der Waals surface area contributed by atoms with Gasteiger partial charge in [0.25, 0.3) is 11.7 Å². The van der Waals surface area contributed by atoms with Gasteiger partial charge < -0.3 is 10.8 Å². The Kier molecular flexibility index (Phi) is 8.77. The Morgan fingerprint density at radius 1 is 1.12 bits per heavy atom. The molecule has 2 heterocycles. The number of carbonyl (C=O) groups excluding carboxylic acids is 4. The molecule has 13 heteroatoms. The summed E-state index contributed by atoms with van der Waals surface area (Å²) in [7, 11) is -4.15. The third-order valence-corrected chi connectivity index (χ3v) is 8.51. The molecule has 2 N–H and O–H groups in total. The highest BCUT2D eigenvalue weighted by molar-refractivity contribution is 7.89. The molecule has 0 bridgehead atoms. The van der Waals surface area contributed by atoms with E-state index in [1.807, 2.05) is 26.0 Å². The van der Waals surface area contributed by atoms with E-state index in [4.69, 9.17) is 5.53 Å². The molecule has 0 aromatic heterocycles. The van der Waals surface area contributed by atoms with Crippen LogP contribution in [-0.4, -0.2) is 77.6 Å². The minimum atomic E-state index is -4.15. The molecule has 0 unspecified atom stereocenters. The molecule has 0 saturated carbocycles. The van der Waals surface area contributed by atoms with Gasteiger partial charge in [-0.15, -0.1) is 0 Å². The van der Waals surface area contributed by atoms with Crippen LogP contribution in [0.2, 0.25) is 0 Å². The minimum Gasteiger partial charge on any atom is -0.361 e. The third-order valence-electron chi connectivity index (χ3n) is 7.04. The molecular formula is C27H32N6O6S. The molecule has 2 aliphatic rings. The maximum atomic E-state index is 13.8. The summed E-state index contributed by atoms with van der Waals surface area (Å²) < 4.78 is 29.1. The van der Waals surface area contributed by atoms with Crippen LogP contribution in [0.15, 0.2) is 47.4 Å². The first-order valence-electron chi connectivity index (χ1n) is 13.2. The predicted molar refractivity (Wildman–Crippen MR) is 145 cm³/mol. The van der Waals surface area contributed by atoms with Crippen molar-refractivity contribution in [3.05, 3.63) is 48.0 Å². The summed E-state index contributed by atoms with van der Waals surface area (Å²) in [5.41, 5.74) is 8.79. The van der Waals surface area contributed by atoms with E-state index < -0.39 is 51.7 Å². The van der Waals surface area contributed by atoms with Crippen molar-refractivity contribution in [1.82, 2.24) is 20.1 Å². The van der Waals surface area contributed by atoms with E-state index in [1.54, 1.807) is 18.2 Å². The number of Topliss-reactive ketones (excluding diaryl/α,β-unsaturated/α-hetero) is 1. The maximum Gasteiger partial charge on any atom is 0.325 e. The summed E-state index contributed by atoms with van der Waals surface area (Å²) >= 11 is 0. The minimum absolute atomic E-state index is 0.0134.